The van der Waals surface area contributed by atoms with E-state index in [4.69, 9.17) is 0 Å². The van der Waals surface area contributed by atoms with E-state index in [0.717, 1.165) is 5.56 Å². The van der Waals surface area contributed by atoms with Crippen LogP contribution in [0.2, 0.25) is 0 Å². The number of aryl methyl sites for hydroxylation is 1. The van der Waals surface area contributed by atoms with Crippen LogP contribution in [-0.2, 0) is 0 Å². The van der Waals surface area contributed by atoms with Gasteiger partial charge in [0, 0.05) is 12.3 Å². The van der Waals surface area contributed by atoms with Crippen molar-refractivity contribution in [2.24, 2.45) is 0 Å². The van der Waals surface area contributed by atoms with Crippen molar-refractivity contribution in [3.63, 3.8) is 0 Å². The first-order valence-electron chi connectivity index (χ1n) is 5.65. The Balaban J connectivity index is 2.28. The monoisotopic (exact) mass is 335 g/mol. The van der Waals surface area contributed by atoms with Crippen molar-refractivity contribution in [3.8, 4) is 0 Å². The maximum Gasteiger partial charge on any atom is 0.293 e. The number of anilines is 1. The standard InChI is InChI=1S/C13H10BrN3O3/c1-8-2-4-10(11(6-8)17(19)20)16-13(18)9-3-5-12(14)15-7-9/h2-7H,1H3,(H,16,18). The van der Waals surface area contributed by atoms with Crippen LogP contribution in [0.25, 0.3) is 0 Å². The third-order valence-electron chi connectivity index (χ3n) is 2.59. The molecule has 0 saturated carbocycles. The minimum Gasteiger partial charge on any atom is -0.316 e. The summed E-state index contributed by atoms with van der Waals surface area (Å²) in [5.74, 6) is -0.447. The van der Waals surface area contributed by atoms with Crippen molar-refractivity contribution in [3.05, 3.63) is 62.4 Å². The van der Waals surface area contributed by atoms with Gasteiger partial charge in [-0.15, -0.1) is 0 Å². The molecule has 2 aromatic rings. The van der Waals surface area contributed by atoms with Gasteiger partial charge in [-0.2, -0.15) is 0 Å². The van der Waals surface area contributed by atoms with Crippen LogP contribution in [0, 0.1) is 17.0 Å². The van der Waals surface area contributed by atoms with Crippen LogP contribution in [0.15, 0.2) is 41.1 Å². The number of rotatable bonds is 3. The van der Waals surface area contributed by atoms with E-state index in [2.05, 4.69) is 26.2 Å². The molecule has 6 nitrogen and oxygen atoms in total. The fourth-order valence-electron chi connectivity index (χ4n) is 1.60. The number of nitrogens with one attached hydrogen (secondary N) is 1. The van der Waals surface area contributed by atoms with Crippen LogP contribution in [0.1, 0.15) is 15.9 Å². The first kappa shape index (κ1) is 14.1. The Kier molecular flexibility index (Phi) is 4.09. The highest BCUT2D eigenvalue weighted by molar-refractivity contribution is 9.10. The molecule has 0 aliphatic rings. The van der Waals surface area contributed by atoms with Crippen molar-refractivity contribution >= 4 is 33.2 Å². The Labute approximate surface area is 123 Å². The summed E-state index contributed by atoms with van der Waals surface area (Å²) in [4.78, 5) is 26.4. The van der Waals surface area contributed by atoms with Crippen LogP contribution in [0.3, 0.4) is 0 Å². The highest BCUT2D eigenvalue weighted by Gasteiger charge is 2.16. The molecule has 0 aliphatic heterocycles. The summed E-state index contributed by atoms with van der Waals surface area (Å²) in [6, 6.07) is 7.82. The van der Waals surface area contributed by atoms with Crippen molar-refractivity contribution in [2.45, 2.75) is 6.92 Å². The molecule has 2 rings (SSSR count). The summed E-state index contributed by atoms with van der Waals surface area (Å²) in [5.41, 5.74) is 1.10. The normalized spacial score (nSPS) is 10.1. The molecule has 1 aromatic carbocycles. The number of carbonyl (C=O) groups excluding carboxylic acids is 1. The zero-order valence-electron chi connectivity index (χ0n) is 10.5. The van der Waals surface area contributed by atoms with Gasteiger partial charge in [-0.1, -0.05) is 6.07 Å². The zero-order chi connectivity index (χ0) is 14.7. The number of benzene rings is 1. The van der Waals surface area contributed by atoms with Gasteiger partial charge in [-0.25, -0.2) is 4.98 Å². The molecule has 0 aliphatic carbocycles. The molecule has 0 unspecified atom stereocenters. The van der Waals surface area contributed by atoms with Crippen molar-refractivity contribution in [1.82, 2.24) is 4.98 Å². The van der Waals surface area contributed by atoms with Crippen molar-refractivity contribution < 1.29 is 9.72 Å². The first-order chi connectivity index (χ1) is 9.47. The van der Waals surface area contributed by atoms with Crippen LogP contribution >= 0.6 is 15.9 Å². The van der Waals surface area contributed by atoms with Gasteiger partial charge in [0.25, 0.3) is 11.6 Å². The largest absolute Gasteiger partial charge is 0.316 e. The summed E-state index contributed by atoms with van der Waals surface area (Å²) < 4.78 is 0.607. The number of nitrogens with zero attached hydrogens (tertiary/aromatic N) is 2. The van der Waals surface area contributed by atoms with E-state index in [1.54, 1.807) is 25.1 Å². The van der Waals surface area contributed by atoms with Gasteiger partial charge in [-0.3, -0.25) is 14.9 Å². The number of pyridine rings is 1. The fraction of sp³-hybridized carbons (Fsp3) is 0.0769. The average Bonchev–Trinajstić information content (AvgIpc) is 2.41. The number of aromatic nitrogens is 1. The van der Waals surface area contributed by atoms with Crippen LogP contribution in [0.5, 0.6) is 0 Å². The van der Waals surface area contributed by atoms with Gasteiger partial charge in [0.05, 0.1) is 10.5 Å². The van der Waals surface area contributed by atoms with E-state index in [0.29, 0.717) is 10.2 Å². The number of carbonyl (C=O) groups is 1. The van der Waals surface area contributed by atoms with Gasteiger partial charge < -0.3 is 5.32 Å². The number of nitro benzene ring substituents is 1. The lowest BCUT2D eigenvalue weighted by Gasteiger charge is -2.06. The second kappa shape index (κ2) is 5.79. The minimum absolute atomic E-state index is 0.136. The van der Waals surface area contributed by atoms with Crippen LogP contribution < -0.4 is 5.32 Å². The van der Waals surface area contributed by atoms with E-state index < -0.39 is 10.8 Å². The molecule has 0 saturated heterocycles. The average molecular weight is 336 g/mol. The summed E-state index contributed by atoms with van der Waals surface area (Å²) in [7, 11) is 0. The summed E-state index contributed by atoms with van der Waals surface area (Å²) in [6.07, 6.45) is 1.39. The number of hydrogen-bond acceptors (Lipinski definition) is 4. The predicted octanol–water partition coefficient (Wildman–Crippen LogP) is 3.31. The molecule has 1 heterocycles. The molecule has 0 spiro atoms. The molecule has 7 heteroatoms. The topological polar surface area (TPSA) is 85.1 Å². The SMILES string of the molecule is Cc1ccc(NC(=O)c2ccc(Br)nc2)c([N+](=O)[O-])c1. The molecule has 0 fully saturated rings. The maximum atomic E-state index is 12.0. The molecule has 1 N–H and O–H groups in total. The summed E-state index contributed by atoms with van der Waals surface area (Å²) in [6.45, 7) is 1.75. The smallest absolute Gasteiger partial charge is 0.293 e. The van der Waals surface area contributed by atoms with Gasteiger partial charge >= 0.3 is 0 Å². The lowest BCUT2D eigenvalue weighted by molar-refractivity contribution is -0.384. The molecule has 0 bridgehead atoms. The molecule has 20 heavy (non-hydrogen) atoms. The fourth-order valence-corrected chi connectivity index (χ4v) is 1.84. The summed E-state index contributed by atoms with van der Waals surface area (Å²) in [5, 5.41) is 13.5. The molecule has 0 radical (unpaired) electrons. The third kappa shape index (κ3) is 3.18. The lowest BCUT2D eigenvalue weighted by Crippen LogP contribution is -2.13. The number of hydrogen-bond donors (Lipinski definition) is 1. The van der Waals surface area contributed by atoms with Gasteiger partial charge in [-0.05, 0) is 46.6 Å². The number of amides is 1. The van der Waals surface area contributed by atoms with E-state index in [1.807, 2.05) is 0 Å². The van der Waals surface area contributed by atoms with E-state index in [-0.39, 0.29) is 11.4 Å². The Morgan fingerprint density at radius 3 is 2.70 bits per heavy atom. The Morgan fingerprint density at radius 1 is 1.35 bits per heavy atom. The first-order valence-corrected chi connectivity index (χ1v) is 6.44. The quantitative estimate of drug-likeness (QED) is 0.529. The molecular weight excluding hydrogens is 326 g/mol. The number of halogens is 1. The molecule has 102 valence electrons. The lowest BCUT2D eigenvalue weighted by atomic mass is 10.2. The van der Waals surface area contributed by atoms with Crippen molar-refractivity contribution in [1.29, 1.82) is 0 Å². The molecular formula is C13H10BrN3O3. The van der Waals surface area contributed by atoms with Gasteiger partial charge in [0.2, 0.25) is 0 Å². The van der Waals surface area contributed by atoms with Gasteiger partial charge in [0.1, 0.15) is 10.3 Å². The second-order valence-electron chi connectivity index (χ2n) is 4.10. The van der Waals surface area contributed by atoms with Crippen LogP contribution in [-0.4, -0.2) is 15.8 Å². The second-order valence-corrected chi connectivity index (χ2v) is 4.91. The zero-order valence-corrected chi connectivity index (χ0v) is 12.0. The maximum absolute atomic E-state index is 12.0. The van der Waals surface area contributed by atoms with Crippen molar-refractivity contribution in [2.75, 3.05) is 5.32 Å². The highest BCUT2D eigenvalue weighted by Crippen LogP contribution is 2.25. The molecule has 1 aromatic heterocycles. The Morgan fingerprint density at radius 2 is 2.10 bits per heavy atom. The minimum atomic E-state index is -0.525. The van der Waals surface area contributed by atoms with Gasteiger partial charge in [0.15, 0.2) is 0 Å². The predicted molar refractivity (Wildman–Crippen MR) is 77.7 cm³/mol. The number of nitro groups is 1. The Hall–Kier alpha value is -2.28. The molecule has 0 atom stereocenters. The highest BCUT2D eigenvalue weighted by atomic mass is 79.9. The summed E-state index contributed by atoms with van der Waals surface area (Å²) >= 11 is 3.17. The molecule has 1 amide bonds. The Bertz CT molecular complexity index is 671. The van der Waals surface area contributed by atoms with E-state index >= 15 is 0 Å². The third-order valence-corrected chi connectivity index (χ3v) is 3.06. The van der Waals surface area contributed by atoms with Crippen LogP contribution in [0.4, 0.5) is 11.4 Å². The van der Waals surface area contributed by atoms with E-state index in [1.165, 1.54) is 18.3 Å². The van der Waals surface area contributed by atoms with E-state index in [9.17, 15) is 14.9 Å².